The van der Waals surface area contributed by atoms with Crippen LogP contribution in [0.5, 0.6) is 0 Å². The maximum absolute atomic E-state index is 12.4. The zero-order chi connectivity index (χ0) is 14.5. The number of sulfonamides is 1. The molecule has 0 aliphatic carbocycles. The lowest BCUT2D eigenvalue weighted by Gasteiger charge is -2.19. The van der Waals surface area contributed by atoms with Gasteiger partial charge in [-0.3, -0.25) is 4.79 Å². The van der Waals surface area contributed by atoms with E-state index >= 15 is 0 Å². The zero-order valence-corrected chi connectivity index (χ0v) is 12.7. The molecule has 1 aromatic heterocycles. The highest BCUT2D eigenvalue weighted by molar-refractivity contribution is 7.91. The molecule has 0 bridgehead atoms. The molecule has 1 amide bonds. The monoisotopic (exact) mass is 305 g/mol. The quantitative estimate of drug-likeness (QED) is 0.760. The number of nitrogens with two attached hydrogens (primary N) is 1. The number of nitrogens with one attached hydrogen (secondary N) is 1. The molecule has 0 unspecified atom stereocenters. The van der Waals surface area contributed by atoms with Crippen LogP contribution in [0.2, 0.25) is 0 Å². The van der Waals surface area contributed by atoms with Crippen molar-refractivity contribution in [3.8, 4) is 0 Å². The van der Waals surface area contributed by atoms with E-state index in [1.54, 1.807) is 6.07 Å². The van der Waals surface area contributed by atoms with E-state index in [1.165, 1.54) is 17.4 Å². The van der Waals surface area contributed by atoms with E-state index in [2.05, 4.69) is 5.32 Å². The Kier molecular flexibility index (Phi) is 5.92. The highest BCUT2D eigenvalue weighted by Crippen LogP contribution is 2.24. The van der Waals surface area contributed by atoms with Gasteiger partial charge in [-0.25, -0.2) is 8.42 Å². The Balaban J connectivity index is 3.01. The lowest BCUT2D eigenvalue weighted by Crippen LogP contribution is -2.39. The second kappa shape index (κ2) is 6.99. The average molecular weight is 305 g/mol. The van der Waals surface area contributed by atoms with Crippen molar-refractivity contribution in [1.82, 2.24) is 9.62 Å². The summed E-state index contributed by atoms with van der Waals surface area (Å²) in [6.45, 7) is 2.32. The number of nitrogens with zero attached hydrogens (tertiary/aromatic N) is 1. The molecule has 0 aliphatic rings. The summed E-state index contributed by atoms with van der Waals surface area (Å²) < 4.78 is 26.3. The van der Waals surface area contributed by atoms with Crippen LogP contribution in [0, 0.1) is 0 Å². The van der Waals surface area contributed by atoms with E-state index < -0.39 is 10.0 Å². The van der Waals surface area contributed by atoms with Crippen molar-refractivity contribution in [1.29, 1.82) is 0 Å². The van der Waals surface area contributed by atoms with Crippen molar-refractivity contribution in [3.63, 3.8) is 0 Å². The summed E-state index contributed by atoms with van der Waals surface area (Å²) >= 11 is 1.14. The van der Waals surface area contributed by atoms with E-state index in [1.807, 2.05) is 6.92 Å². The van der Waals surface area contributed by atoms with Gasteiger partial charge in [0, 0.05) is 25.0 Å². The number of thiophene rings is 1. The van der Waals surface area contributed by atoms with Crippen molar-refractivity contribution in [3.05, 3.63) is 17.0 Å². The van der Waals surface area contributed by atoms with Gasteiger partial charge in [-0.2, -0.15) is 4.31 Å². The summed E-state index contributed by atoms with van der Waals surface area (Å²) in [5, 5.41) is 2.43. The molecule has 19 heavy (non-hydrogen) atoms. The molecule has 1 heterocycles. The van der Waals surface area contributed by atoms with Crippen LogP contribution in [0.15, 0.2) is 16.3 Å². The van der Waals surface area contributed by atoms with Gasteiger partial charge in [-0.05, 0) is 18.6 Å². The van der Waals surface area contributed by atoms with Crippen LogP contribution >= 0.6 is 11.3 Å². The summed E-state index contributed by atoms with van der Waals surface area (Å²) in [5.41, 5.74) is 5.48. The molecule has 0 atom stereocenters. The summed E-state index contributed by atoms with van der Waals surface area (Å²) in [7, 11) is -2.14. The smallest absolute Gasteiger partial charge is 0.253 e. The minimum Gasteiger partial charge on any atom is -0.358 e. The van der Waals surface area contributed by atoms with Gasteiger partial charge in [0.05, 0.1) is 6.54 Å². The minimum absolute atomic E-state index is 0.164. The van der Waals surface area contributed by atoms with Crippen molar-refractivity contribution in [2.75, 3.05) is 20.1 Å². The van der Waals surface area contributed by atoms with Crippen LogP contribution in [-0.4, -0.2) is 38.8 Å². The van der Waals surface area contributed by atoms with Crippen LogP contribution in [0.3, 0.4) is 0 Å². The fourth-order valence-electron chi connectivity index (χ4n) is 1.51. The normalized spacial score (nSPS) is 11.8. The number of carbonyl (C=O) groups excluding carboxylic acids is 1. The molecule has 0 fully saturated rings. The molecule has 8 heteroatoms. The zero-order valence-electron chi connectivity index (χ0n) is 11.0. The van der Waals surface area contributed by atoms with Crippen LogP contribution in [0.25, 0.3) is 0 Å². The Labute approximate surface area is 117 Å². The molecule has 3 N–H and O–H groups in total. The summed E-state index contributed by atoms with van der Waals surface area (Å²) in [6, 6.07) is 3.23. The summed E-state index contributed by atoms with van der Waals surface area (Å²) in [4.78, 5) is 12.2. The van der Waals surface area contributed by atoms with Crippen molar-refractivity contribution in [2.45, 2.75) is 24.1 Å². The van der Waals surface area contributed by atoms with Gasteiger partial charge in [0.25, 0.3) is 10.0 Å². The highest BCUT2D eigenvalue weighted by atomic mass is 32.2. The van der Waals surface area contributed by atoms with Gasteiger partial charge in [-0.15, -0.1) is 11.3 Å². The number of carbonyl (C=O) groups is 1. The number of hydrogen-bond donors (Lipinski definition) is 2. The average Bonchev–Trinajstić information content (AvgIpc) is 2.87. The molecule has 6 nitrogen and oxygen atoms in total. The van der Waals surface area contributed by atoms with E-state index in [0.717, 1.165) is 16.2 Å². The number of rotatable bonds is 7. The van der Waals surface area contributed by atoms with Gasteiger partial charge >= 0.3 is 0 Å². The van der Waals surface area contributed by atoms with Crippen LogP contribution in [-0.2, 0) is 21.4 Å². The molecule has 0 aliphatic heterocycles. The number of amides is 1. The molecule has 0 spiro atoms. The Morgan fingerprint density at radius 1 is 1.47 bits per heavy atom. The van der Waals surface area contributed by atoms with Gasteiger partial charge in [-0.1, -0.05) is 6.92 Å². The number of likely N-dealkylation sites (N-methyl/N-ethyl adjacent to an activating group) is 1. The first-order valence-corrected chi connectivity index (χ1v) is 8.20. The molecule has 0 aromatic carbocycles. The Morgan fingerprint density at radius 2 is 2.16 bits per heavy atom. The first kappa shape index (κ1) is 16.1. The molecule has 1 rings (SSSR count). The van der Waals surface area contributed by atoms with E-state index in [4.69, 9.17) is 5.73 Å². The predicted molar refractivity (Wildman–Crippen MR) is 75.3 cm³/mol. The first-order valence-electron chi connectivity index (χ1n) is 5.95. The third kappa shape index (κ3) is 4.00. The molecular weight excluding hydrogens is 286 g/mol. The topological polar surface area (TPSA) is 92.5 Å². The lowest BCUT2D eigenvalue weighted by atomic mass is 10.4. The van der Waals surface area contributed by atoms with Gasteiger partial charge in [0.2, 0.25) is 5.91 Å². The van der Waals surface area contributed by atoms with Crippen LogP contribution in [0.4, 0.5) is 0 Å². The van der Waals surface area contributed by atoms with Crippen molar-refractivity contribution >= 4 is 27.3 Å². The molecule has 0 saturated heterocycles. The first-order chi connectivity index (χ1) is 8.95. The van der Waals surface area contributed by atoms with E-state index in [0.29, 0.717) is 19.5 Å². The second-order valence-corrected chi connectivity index (χ2v) is 7.27. The lowest BCUT2D eigenvalue weighted by molar-refractivity contribution is -0.120. The van der Waals surface area contributed by atoms with E-state index in [9.17, 15) is 13.2 Å². The number of hydrogen-bond acceptors (Lipinski definition) is 5. The highest BCUT2D eigenvalue weighted by Gasteiger charge is 2.27. The standard InChI is InChI=1S/C11H19N3O3S2/c1-3-6-14(8-10(15)13-2)19(16,17)11-5-4-9(7-12)18-11/h4-5H,3,6-8,12H2,1-2H3,(H,13,15). The molecule has 0 saturated carbocycles. The van der Waals surface area contributed by atoms with Crippen molar-refractivity contribution in [2.24, 2.45) is 5.73 Å². The summed E-state index contributed by atoms with van der Waals surface area (Å²) in [5.74, 6) is -0.326. The van der Waals surface area contributed by atoms with Crippen LogP contribution in [0.1, 0.15) is 18.2 Å². The summed E-state index contributed by atoms with van der Waals surface area (Å²) in [6.07, 6.45) is 0.644. The minimum atomic E-state index is -3.62. The van der Waals surface area contributed by atoms with Gasteiger partial charge in [0.1, 0.15) is 4.21 Å². The van der Waals surface area contributed by atoms with Gasteiger partial charge in [0.15, 0.2) is 0 Å². The third-order valence-corrected chi connectivity index (χ3v) is 5.92. The maximum Gasteiger partial charge on any atom is 0.253 e. The largest absolute Gasteiger partial charge is 0.358 e. The van der Waals surface area contributed by atoms with Crippen molar-refractivity contribution < 1.29 is 13.2 Å². The Morgan fingerprint density at radius 3 is 2.63 bits per heavy atom. The SMILES string of the molecule is CCCN(CC(=O)NC)S(=O)(=O)c1ccc(CN)s1. The molecular formula is C11H19N3O3S2. The Bertz CT molecular complexity index is 525. The van der Waals surface area contributed by atoms with E-state index in [-0.39, 0.29) is 16.7 Å². The van der Waals surface area contributed by atoms with Gasteiger partial charge < -0.3 is 11.1 Å². The predicted octanol–water partition coefficient (Wildman–Crippen LogP) is 0.354. The third-order valence-electron chi connectivity index (χ3n) is 2.50. The molecule has 0 radical (unpaired) electrons. The second-order valence-electron chi connectivity index (χ2n) is 3.94. The van der Waals surface area contributed by atoms with Crippen LogP contribution < -0.4 is 11.1 Å². The maximum atomic E-state index is 12.4. The molecule has 108 valence electrons. The Hall–Kier alpha value is -0.960. The fourth-order valence-corrected chi connectivity index (χ4v) is 4.38. The molecule has 1 aromatic rings. The fraction of sp³-hybridized carbons (Fsp3) is 0.545.